The van der Waals surface area contributed by atoms with Crippen LogP contribution in [0.2, 0.25) is 0 Å². The zero-order chi connectivity index (χ0) is 8.97. The Kier molecular flexibility index (Phi) is 3.98. The molecule has 1 saturated heterocycles. The zero-order valence-corrected chi connectivity index (χ0v) is 8.01. The summed E-state index contributed by atoms with van der Waals surface area (Å²) in [6.45, 7) is 4.17. The van der Waals surface area contributed by atoms with Gasteiger partial charge >= 0.3 is 0 Å². The SMILES string of the molecule is CNCCC(O)C1CC(C)CN1. The van der Waals surface area contributed by atoms with Crippen LogP contribution in [0.25, 0.3) is 0 Å². The van der Waals surface area contributed by atoms with E-state index < -0.39 is 0 Å². The van der Waals surface area contributed by atoms with Crippen LogP contribution in [0.1, 0.15) is 19.8 Å². The van der Waals surface area contributed by atoms with E-state index in [4.69, 9.17) is 0 Å². The maximum atomic E-state index is 9.70. The molecule has 3 heteroatoms. The summed E-state index contributed by atoms with van der Waals surface area (Å²) in [6.07, 6.45) is 1.79. The molecule has 0 aromatic heterocycles. The van der Waals surface area contributed by atoms with Crippen molar-refractivity contribution in [2.75, 3.05) is 20.1 Å². The molecule has 1 fully saturated rings. The van der Waals surface area contributed by atoms with Crippen molar-refractivity contribution in [2.45, 2.75) is 31.9 Å². The number of aliphatic hydroxyl groups excluding tert-OH is 1. The molecule has 0 aliphatic carbocycles. The molecule has 0 spiro atoms. The monoisotopic (exact) mass is 172 g/mol. The molecule has 3 atom stereocenters. The minimum absolute atomic E-state index is 0.178. The molecule has 1 rings (SSSR count). The van der Waals surface area contributed by atoms with Gasteiger partial charge in [0, 0.05) is 6.04 Å². The molecule has 1 aliphatic rings. The molecule has 3 N–H and O–H groups in total. The Morgan fingerprint density at radius 2 is 2.42 bits per heavy atom. The summed E-state index contributed by atoms with van der Waals surface area (Å²) in [5.41, 5.74) is 0. The number of aliphatic hydroxyl groups is 1. The Labute approximate surface area is 74.5 Å². The average Bonchev–Trinajstić information content (AvgIpc) is 2.47. The molecule has 0 radical (unpaired) electrons. The molecular formula is C9H20N2O. The van der Waals surface area contributed by atoms with Crippen molar-refractivity contribution in [2.24, 2.45) is 5.92 Å². The highest BCUT2D eigenvalue weighted by Crippen LogP contribution is 2.16. The first-order chi connectivity index (χ1) is 5.74. The molecule has 1 aliphatic heterocycles. The first kappa shape index (κ1) is 9.96. The van der Waals surface area contributed by atoms with Crippen LogP contribution in [-0.4, -0.2) is 37.4 Å². The maximum Gasteiger partial charge on any atom is 0.0705 e. The highest BCUT2D eigenvalue weighted by atomic mass is 16.3. The van der Waals surface area contributed by atoms with Crippen LogP contribution in [0, 0.1) is 5.92 Å². The average molecular weight is 172 g/mol. The van der Waals surface area contributed by atoms with Gasteiger partial charge in [0.2, 0.25) is 0 Å². The summed E-state index contributed by atoms with van der Waals surface area (Å²) in [5.74, 6) is 0.722. The lowest BCUT2D eigenvalue weighted by molar-refractivity contribution is 0.126. The lowest BCUT2D eigenvalue weighted by Gasteiger charge is -2.17. The first-order valence-corrected chi connectivity index (χ1v) is 4.80. The predicted molar refractivity (Wildman–Crippen MR) is 50.1 cm³/mol. The second-order valence-corrected chi connectivity index (χ2v) is 3.82. The van der Waals surface area contributed by atoms with Gasteiger partial charge < -0.3 is 15.7 Å². The minimum atomic E-state index is -0.178. The van der Waals surface area contributed by atoms with E-state index in [1.165, 1.54) is 0 Å². The zero-order valence-electron chi connectivity index (χ0n) is 8.01. The summed E-state index contributed by atoms with van der Waals surface area (Å²) < 4.78 is 0. The van der Waals surface area contributed by atoms with Crippen molar-refractivity contribution in [1.82, 2.24) is 10.6 Å². The van der Waals surface area contributed by atoms with E-state index in [-0.39, 0.29) is 6.10 Å². The van der Waals surface area contributed by atoms with Crippen molar-refractivity contribution in [3.8, 4) is 0 Å². The van der Waals surface area contributed by atoms with Crippen molar-refractivity contribution in [3.05, 3.63) is 0 Å². The van der Waals surface area contributed by atoms with Crippen LogP contribution in [0.15, 0.2) is 0 Å². The molecule has 72 valence electrons. The van der Waals surface area contributed by atoms with Gasteiger partial charge in [-0.2, -0.15) is 0 Å². The molecule has 0 amide bonds. The number of hydrogen-bond donors (Lipinski definition) is 3. The standard InChI is InChI=1S/C9H20N2O/c1-7-5-8(11-6-7)9(12)3-4-10-2/h7-12H,3-6H2,1-2H3. The molecule has 0 aromatic carbocycles. The van der Waals surface area contributed by atoms with E-state index in [0.29, 0.717) is 6.04 Å². The van der Waals surface area contributed by atoms with Gasteiger partial charge in [-0.1, -0.05) is 6.92 Å². The third-order valence-electron chi connectivity index (χ3n) is 2.54. The van der Waals surface area contributed by atoms with Gasteiger partial charge in [-0.25, -0.2) is 0 Å². The van der Waals surface area contributed by atoms with Crippen molar-refractivity contribution in [3.63, 3.8) is 0 Å². The molecule has 1 heterocycles. The van der Waals surface area contributed by atoms with Crippen LogP contribution in [0.4, 0.5) is 0 Å². The van der Waals surface area contributed by atoms with E-state index >= 15 is 0 Å². The van der Waals surface area contributed by atoms with Crippen molar-refractivity contribution < 1.29 is 5.11 Å². The maximum absolute atomic E-state index is 9.70. The van der Waals surface area contributed by atoms with E-state index in [1.807, 2.05) is 7.05 Å². The van der Waals surface area contributed by atoms with Crippen LogP contribution in [0.5, 0.6) is 0 Å². The summed E-state index contributed by atoms with van der Waals surface area (Å²) in [5, 5.41) is 16.1. The highest BCUT2D eigenvalue weighted by molar-refractivity contribution is 4.84. The fraction of sp³-hybridized carbons (Fsp3) is 1.00. The van der Waals surface area contributed by atoms with E-state index in [2.05, 4.69) is 17.6 Å². The van der Waals surface area contributed by atoms with Gasteiger partial charge in [0.15, 0.2) is 0 Å². The van der Waals surface area contributed by atoms with Crippen LogP contribution in [0.3, 0.4) is 0 Å². The molecule has 0 bridgehead atoms. The highest BCUT2D eigenvalue weighted by Gasteiger charge is 2.26. The Hall–Kier alpha value is -0.120. The summed E-state index contributed by atoms with van der Waals surface area (Å²) in [4.78, 5) is 0. The largest absolute Gasteiger partial charge is 0.391 e. The quantitative estimate of drug-likeness (QED) is 0.557. The van der Waals surface area contributed by atoms with E-state index in [1.54, 1.807) is 0 Å². The predicted octanol–water partition coefficient (Wildman–Crippen LogP) is -0.0452. The molecular weight excluding hydrogens is 152 g/mol. The van der Waals surface area contributed by atoms with Gasteiger partial charge in [0.05, 0.1) is 6.10 Å². The lowest BCUT2D eigenvalue weighted by Crippen LogP contribution is -2.36. The Morgan fingerprint density at radius 3 is 2.92 bits per heavy atom. The van der Waals surface area contributed by atoms with Crippen LogP contribution >= 0.6 is 0 Å². The van der Waals surface area contributed by atoms with Crippen LogP contribution < -0.4 is 10.6 Å². The van der Waals surface area contributed by atoms with Crippen molar-refractivity contribution in [1.29, 1.82) is 0 Å². The molecule has 12 heavy (non-hydrogen) atoms. The Bertz CT molecular complexity index is 130. The topological polar surface area (TPSA) is 44.3 Å². The van der Waals surface area contributed by atoms with Gasteiger partial charge in [-0.3, -0.25) is 0 Å². The molecule has 3 nitrogen and oxygen atoms in total. The molecule has 3 unspecified atom stereocenters. The second kappa shape index (κ2) is 4.80. The number of rotatable bonds is 4. The summed E-state index contributed by atoms with van der Waals surface area (Å²) in [7, 11) is 1.91. The Balaban J connectivity index is 2.18. The first-order valence-electron chi connectivity index (χ1n) is 4.80. The van der Waals surface area contributed by atoms with E-state index in [0.717, 1.165) is 31.8 Å². The summed E-state index contributed by atoms with van der Waals surface area (Å²) in [6, 6.07) is 0.327. The lowest BCUT2D eigenvalue weighted by atomic mass is 10.0. The van der Waals surface area contributed by atoms with Gasteiger partial charge in [-0.05, 0) is 38.9 Å². The molecule has 0 aromatic rings. The Morgan fingerprint density at radius 1 is 1.67 bits per heavy atom. The summed E-state index contributed by atoms with van der Waals surface area (Å²) >= 11 is 0. The minimum Gasteiger partial charge on any atom is -0.391 e. The van der Waals surface area contributed by atoms with Gasteiger partial charge in [-0.15, -0.1) is 0 Å². The fourth-order valence-corrected chi connectivity index (χ4v) is 1.74. The van der Waals surface area contributed by atoms with Gasteiger partial charge in [0.1, 0.15) is 0 Å². The third-order valence-corrected chi connectivity index (χ3v) is 2.54. The normalized spacial score (nSPS) is 32.2. The second-order valence-electron chi connectivity index (χ2n) is 3.82. The van der Waals surface area contributed by atoms with Gasteiger partial charge in [0.25, 0.3) is 0 Å². The van der Waals surface area contributed by atoms with Crippen molar-refractivity contribution >= 4 is 0 Å². The fourth-order valence-electron chi connectivity index (χ4n) is 1.74. The molecule has 0 saturated carbocycles. The number of hydrogen-bond acceptors (Lipinski definition) is 3. The van der Waals surface area contributed by atoms with Crippen LogP contribution in [-0.2, 0) is 0 Å². The van der Waals surface area contributed by atoms with E-state index in [9.17, 15) is 5.11 Å². The number of nitrogens with one attached hydrogen (secondary N) is 2. The smallest absolute Gasteiger partial charge is 0.0705 e. The third kappa shape index (κ3) is 2.73.